The van der Waals surface area contributed by atoms with Crippen molar-refractivity contribution in [2.45, 2.75) is 38.8 Å². The lowest BCUT2D eigenvalue weighted by molar-refractivity contribution is -0.143. The van der Waals surface area contributed by atoms with Gasteiger partial charge in [0.05, 0.1) is 25.3 Å². The first-order valence-electron chi connectivity index (χ1n) is 7.24. The van der Waals surface area contributed by atoms with Crippen molar-refractivity contribution < 1.29 is 15.0 Å². The van der Waals surface area contributed by atoms with Crippen LogP contribution in [0.2, 0.25) is 0 Å². The Labute approximate surface area is 118 Å². The van der Waals surface area contributed by atoms with E-state index in [1.807, 2.05) is 12.4 Å². The van der Waals surface area contributed by atoms with Gasteiger partial charge in [0.15, 0.2) is 0 Å². The zero-order valence-corrected chi connectivity index (χ0v) is 11.7. The highest BCUT2D eigenvalue weighted by Crippen LogP contribution is 2.28. The first-order chi connectivity index (χ1) is 9.69. The quantitative estimate of drug-likeness (QED) is 0.690. The van der Waals surface area contributed by atoms with Crippen LogP contribution in [-0.2, 0) is 17.9 Å². The van der Waals surface area contributed by atoms with Crippen LogP contribution in [0.15, 0.2) is 12.4 Å². The number of aliphatic hydroxyl groups is 1. The molecule has 0 aromatic carbocycles. The Morgan fingerprint density at radius 1 is 1.40 bits per heavy atom. The van der Waals surface area contributed by atoms with E-state index in [-0.39, 0.29) is 12.5 Å². The van der Waals surface area contributed by atoms with Crippen molar-refractivity contribution >= 4 is 5.97 Å². The molecule has 1 aliphatic rings. The highest BCUT2D eigenvalue weighted by molar-refractivity contribution is 5.69. The molecule has 0 bridgehead atoms. The molecule has 2 rings (SSSR count). The third-order valence-corrected chi connectivity index (χ3v) is 3.97. The molecule has 0 spiro atoms. The van der Waals surface area contributed by atoms with Crippen LogP contribution in [0.1, 0.15) is 31.2 Å². The Balaban J connectivity index is 1.65. The molecular weight excluding hydrogens is 258 g/mol. The summed E-state index contributed by atoms with van der Waals surface area (Å²) in [7, 11) is 0. The third-order valence-electron chi connectivity index (χ3n) is 3.97. The van der Waals surface area contributed by atoms with E-state index in [1.54, 1.807) is 4.68 Å². The summed E-state index contributed by atoms with van der Waals surface area (Å²) in [6.45, 7) is 2.32. The maximum absolute atomic E-state index is 10.9. The lowest BCUT2D eigenvalue weighted by Crippen LogP contribution is -2.28. The number of carboxylic acid groups (broad SMARTS) is 1. The molecule has 112 valence electrons. The summed E-state index contributed by atoms with van der Waals surface area (Å²) in [6, 6.07) is 0. The predicted octanol–water partition coefficient (Wildman–Crippen LogP) is 0.856. The molecule has 0 radical (unpaired) electrons. The van der Waals surface area contributed by atoms with Gasteiger partial charge in [-0.15, -0.1) is 0 Å². The lowest BCUT2D eigenvalue weighted by atomic mass is 9.82. The number of hydrogen-bond acceptors (Lipinski definition) is 4. The topological polar surface area (TPSA) is 87.4 Å². The zero-order valence-electron chi connectivity index (χ0n) is 11.7. The van der Waals surface area contributed by atoms with Crippen molar-refractivity contribution in [2.75, 3.05) is 13.2 Å². The maximum Gasteiger partial charge on any atom is 0.306 e. The van der Waals surface area contributed by atoms with Gasteiger partial charge in [0.1, 0.15) is 0 Å². The average molecular weight is 281 g/mol. The van der Waals surface area contributed by atoms with Gasteiger partial charge in [0.2, 0.25) is 0 Å². The van der Waals surface area contributed by atoms with Crippen LogP contribution < -0.4 is 5.32 Å². The fourth-order valence-electron chi connectivity index (χ4n) is 2.76. The van der Waals surface area contributed by atoms with E-state index in [1.165, 1.54) is 0 Å². The summed E-state index contributed by atoms with van der Waals surface area (Å²) in [5, 5.41) is 25.3. The van der Waals surface area contributed by atoms with Gasteiger partial charge < -0.3 is 15.5 Å². The SMILES string of the molecule is O=C(O)C1CCC(CNCc2cnn(CCO)c2)CC1. The van der Waals surface area contributed by atoms with E-state index >= 15 is 0 Å². The summed E-state index contributed by atoms with van der Waals surface area (Å²) in [6.07, 6.45) is 7.34. The summed E-state index contributed by atoms with van der Waals surface area (Å²) < 4.78 is 1.73. The third kappa shape index (κ3) is 4.31. The van der Waals surface area contributed by atoms with Gasteiger partial charge >= 0.3 is 5.97 Å². The molecule has 1 aromatic rings. The van der Waals surface area contributed by atoms with Crippen molar-refractivity contribution in [1.29, 1.82) is 0 Å². The molecule has 0 atom stereocenters. The number of hydrogen-bond donors (Lipinski definition) is 3. The highest BCUT2D eigenvalue weighted by atomic mass is 16.4. The van der Waals surface area contributed by atoms with Crippen LogP contribution in [0.3, 0.4) is 0 Å². The van der Waals surface area contributed by atoms with Crippen LogP contribution in [-0.4, -0.2) is 39.1 Å². The highest BCUT2D eigenvalue weighted by Gasteiger charge is 2.25. The summed E-state index contributed by atoms with van der Waals surface area (Å²) >= 11 is 0. The molecule has 1 fully saturated rings. The first-order valence-corrected chi connectivity index (χ1v) is 7.24. The molecule has 0 saturated heterocycles. The molecule has 20 heavy (non-hydrogen) atoms. The Hall–Kier alpha value is -1.40. The molecule has 6 nitrogen and oxygen atoms in total. The smallest absolute Gasteiger partial charge is 0.306 e. The van der Waals surface area contributed by atoms with E-state index in [2.05, 4.69) is 10.4 Å². The second kappa shape index (κ2) is 7.40. The normalized spacial score (nSPS) is 22.9. The Morgan fingerprint density at radius 2 is 2.15 bits per heavy atom. The van der Waals surface area contributed by atoms with Gasteiger partial charge in [-0.2, -0.15) is 5.10 Å². The molecule has 3 N–H and O–H groups in total. The monoisotopic (exact) mass is 281 g/mol. The standard InChI is InChI=1S/C14H23N3O3/c18-6-5-17-10-12(9-16-17)8-15-7-11-1-3-13(4-2-11)14(19)20/h9-11,13,15,18H,1-8H2,(H,19,20). The number of nitrogens with one attached hydrogen (secondary N) is 1. The van der Waals surface area contributed by atoms with Crippen LogP contribution in [0.4, 0.5) is 0 Å². The van der Waals surface area contributed by atoms with Crippen LogP contribution in [0.25, 0.3) is 0 Å². The number of carboxylic acids is 1. The lowest BCUT2D eigenvalue weighted by Gasteiger charge is -2.26. The molecular formula is C14H23N3O3. The van der Waals surface area contributed by atoms with E-state index in [0.717, 1.165) is 44.3 Å². The minimum Gasteiger partial charge on any atom is -0.481 e. The van der Waals surface area contributed by atoms with Crippen molar-refractivity contribution in [3.05, 3.63) is 18.0 Å². The van der Waals surface area contributed by atoms with Gasteiger partial charge in [-0.05, 0) is 38.1 Å². The number of carbonyl (C=O) groups is 1. The second-order valence-corrected chi connectivity index (χ2v) is 5.52. The van der Waals surface area contributed by atoms with E-state index in [0.29, 0.717) is 12.5 Å². The van der Waals surface area contributed by atoms with E-state index in [9.17, 15) is 4.79 Å². The van der Waals surface area contributed by atoms with E-state index < -0.39 is 5.97 Å². The molecule has 1 heterocycles. The number of aliphatic hydroxyl groups excluding tert-OH is 1. The van der Waals surface area contributed by atoms with Crippen molar-refractivity contribution in [3.8, 4) is 0 Å². The first kappa shape index (κ1) is 15.0. The molecule has 6 heteroatoms. The minimum absolute atomic E-state index is 0.0986. The van der Waals surface area contributed by atoms with Gasteiger partial charge in [0.25, 0.3) is 0 Å². The largest absolute Gasteiger partial charge is 0.481 e. The van der Waals surface area contributed by atoms with Crippen molar-refractivity contribution in [1.82, 2.24) is 15.1 Å². The van der Waals surface area contributed by atoms with Crippen molar-refractivity contribution in [2.24, 2.45) is 11.8 Å². The number of nitrogens with zero attached hydrogens (tertiary/aromatic N) is 2. The Morgan fingerprint density at radius 3 is 2.80 bits per heavy atom. The fraction of sp³-hybridized carbons (Fsp3) is 0.714. The zero-order chi connectivity index (χ0) is 14.4. The summed E-state index contributed by atoms with van der Waals surface area (Å²) in [4.78, 5) is 10.9. The minimum atomic E-state index is -0.646. The predicted molar refractivity (Wildman–Crippen MR) is 74.1 cm³/mol. The Kier molecular flexibility index (Phi) is 5.55. The van der Waals surface area contributed by atoms with Crippen LogP contribution in [0, 0.1) is 11.8 Å². The second-order valence-electron chi connectivity index (χ2n) is 5.52. The van der Waals surface area contributed by atoms with Crippen LogP contribution in [0.5, 0.6) is 0 Å². The summed E-state index contributed by atoms with van der Waals surface area (Å²) in [5.74, 6) is -0.200. The van der Waals surface area contributed by atoms with Gasteiger partial charge in [-0.25, -0.2) is 0 Å². The molecule has 1 aliphatic carbocycles. The van der Waals surface area contributed by atoms with Gasteiger partial charge in [-0.1, -0.05) is 0 Å². The van der Waals surface area contributed by atoms with E-state index in [4.69, 9.17) is 10.2 Å². The van der Waals surface area contributed by atoms with Gasteiger partial charge in [0, 0.05) is 18.3 Å². The molecule has 0 unspecified atom stereocenters. The van der Waals surface area contributed by atoms with Crippen molar-refractivity contribution in [3.63, 3.8) is 0 Å². The molecule has 0 amide bonds. The number of rotatable bonds is 7. The number of aliphatic carboxylic acids is 1. The average Bonchev–Trinajstić information content (AvgIpc) is 2.87. The summed E-state index contributed by atoms with van der Waals surface area (Å²) in [5.41, 5.74) is 1.11. The molecule has 1 saturated carbocycles. The van der Waals surface area contributed by atoms with Crippen LogP contribution >= 0.6 is 0 Å². The van der Waals surface area contributed by atoms with Gasteiger partial charge in [-0.3, -0.25) is 9.48 Å². The maximum atomic E-state index is 10.9. The molecule has 0 aliphatic heterocycles. The molecule has 1 aromatic heterocycles. The fourth-order valence-corrected chi connectivity index (χ4v) is 2.76. The Bertz CT molecular complexity index is 425. The number of aromatic nitrogens is 2.